The third kappa shape index (κ3) is 4.04. The highest BCUT2D eigenvalue weighted by atomic mass is 32.2. The minimum absolute atomic E-state index is 0.0122. The summed E-state index contributed by atoms with van der Waals surface area (Å²) in [5.74, 6) is -0.946. The Balaban J connectivity index is 1.56. The lowest BCUT2D eigenvalue weighted by Gasteiger charge is -2.26. The lowest BCUT2D eigenvalue weighted by atomic mass is 10.1. The molecule has 1 aliphatic heterocycles. The molecular formula is C26H22N2O4S2. The summed E-state index contributed by atoms with van der Waals surface area (Å²) >= 11 is 1.41. The maximum absolute atomic E-state index is 13.9. The minimum atomic E-state index is -4.08. The van der Waals surface area contributed by atoms with E-state index in [9.17, 15) is 18.0 Å². The first-order valence-corrected chi connectivity index (χ1v) is 13.1. The van der Waals surface area contributed by atoms with Gasteiger partial charge in [0.25, 0.3) is 5.91 Å². The van der Waals surface area contributed by atoms with Crippen LogP contribution in [0.1, 0.15) is 16.9 Å². The third-order valence-electron chi connectivity index (χ3n) is 5.98. The van der Waals surface area contributed by atoms with E-state index in [-0.39, 0.29) is 17.9 Å². The first kappa shape index (κ1) is 22.5. The van der Waals surface area contributed by atoms with E-state index in [0.29, 0.717) is 5.69 Å². The molecule has 4 aromatic rings. The van der Waals surface area contributed by atoms with Gasteiger partial charge in [0.1, 0.15) is 6.04 Å². The second kappa shape index (κ2) is 8.79. The topological polar surface area (TPSA) is 74.8 Å². The Morgan fingerprint density at radius 1 is 0.941 bits per heavy atom. The lowest BCUT2D eigenvalue weighted by Crippen LogP contribution is -2.44. The van der Waals surface area contributed by atoms with Crippen LogP contribution in [0.15, 0.2) is 89.1 Å². The number of anilines is 1. The molecule has 172 valence electrons. The highest BCUT2D eigenvalue weighted by Gasteiger charge is 2.47. The normalized spacial score (nSPS) is 16.6. The maximum atomic E-state index is 13.9. The van der Waals surface area contributed by atoms with Crippen LogP contribution in [-0.2, 0) is 26.2 Å². The summed E-state index contributed by atoms with van der Waals surface area (Å²) in [7, 11) is -4.08. The van der Waals surface area contributed by atoms with Gasteiger partial charge < -0.3 is 0 Å². The molecule has 1 aromatic heterocycles. The van der Waals surface area contributed by atoms with Crippen LogP contribution < -0.4 is 4.90 Å². The Kier molecular flexibility index (Phi) is 5.81. The Bertz CT molecular complexity index is 1480. The van der Waals surface area contributed by atoms with Gasteiger partial charge in [-0.15, -0.1) is 11.3 Å². The van der Waals surface area contributed by atoms with Crippen molar-refractivity contribution in [1.82, 2.24) is 4.31 Å². The summed E-state index contributed by atoms with van der Waals surface area (Å²) in [6.07, 6.45) is -0.203. The summed E-state index contributed by atoms with van der Waals surface area (Å²) in [6.45, 7) is 1.93. The van der Waals surface area contributed by atoms with Gasteiger partial charge in [0, 0.05) is 11.4 Å². The zero-order valence-corrected chi connectivity index (χ0v) is 20.1. The van der Waals surface area contributed by atoms with Crippen LogP contribution in [0.4, 0.5) is 5.69 Å². The number of thiophene rings is 1. The molecular weight excluding hydrogens is 468 g/mol. The minimum Gasteiger partial charge on any atom is -0.274 e. The number of carbonyl (C=O) groups excluding carboxylic acids is 2. The fraction of sp³-hybridized carbons (Fsp3) is 0.154. The van der Waals surface area contributed by atoms with Crippen LogP contribution >= 0.6 is 11.3 Å². The van der Waals surface area contributed by atoms with E-state index in [0.717, 1.165) is 26.1 Å². The fourth-order valence-corrected chi connectivity index (χ4v) is 6.57. The van der Waals surface area contributed by atoms with Gasteiger partial charge in [-0.3, -0.25) is 9.59 Å². The van der Waals surface area contributed by atoms with Crippen LogP contribution in [0.25, 0.3) is 10.8 Å². The lowest BCUT2D eigenvalue weighted by molar-refractivity contribution is -0.122. The molecule has 0 aliphatic carbocycles. The highest BCUT2D eigenvalue weighted by molar-refractivity contribution is 7.89. The quantitative estimate of drug-likeness (QED) is 0.366. The summed E-state index contributed by atoms with van der Waals surface area (Å²) < 4.78 is 28.9. The molecule has 1 atom stereocenters. The molecule has 1 fully saturated rings. The standard InChI is InChI=1S/C26H22N2O4S2/c1-18-8-11-21(12-9-18)28-25(29)16-24(26(28)30)27(17-22-7-4-14-33-22)34(31,32)23-13-10-19-5-2-3-6-20(19)15-23/h2-15,24H,16-17H2,1H3. The van der Waals surface area contributed by atoms with E-state index in [1.54, 1.807) is 30.3 Å². The van der Waals surface area contributed by atoms with Gasteiger partial charge in [0.2, 0.25) is 15.9 Å². The number of hydrogen-bond donors (Lipinski definition) is 0. The van der Waals surface area contributed by atoms with Crippen molar-refractivity contribution in [3.8, 4) is 0 Å². The molecule has 5 rings (SSSR count). The first-order chi connectivity index (χ1) is 16.3. The third-order valence-corrected chi connectivity index (χ3v) is 8.69. The average molecular weight is 491 g/mol. The molecule has 0 radical (unpaired) electrons. The van der Waals surface area contributed by atoms with Crippen LogP contribution in [0, 0.1) is 6.92 Å². The van der Waals surface area contributed by atoms with Crippen molar-refractivity contribution in [2.24, 2.45) is 0 Å². The zero-order valence-electron chi connectivity index (χ0n) is 18.4. The summed E-state index contributed by atoms with van der Waals surface area (Å²) in [5.41, 5.74) is 1.44. The number of fused-ring (bicyclic) bond motifs is 1. The molecule has 1 aliphatic rings. The van der Waals surface area contributed by atoms with Crippen molar-refractivity contribution >= 4 is 49.6 Å². The SMILES string of the molecule is Cc1ccc(N2C(=O)CC(N(Cc3cccs3)S(=O)(=O)c3ccc4ccccc4c3)C2=O)cc1. The predicted molar refractivity (Wildman–Crippen MR) is 133 cm³/mol. The van der Waals surface area contributed by atoms with Crippen LogP contribution in [0.3, 0.4) is 0 Å². The Labute approximate surface area is 202 Å². The highest BCUT2D eigenvalue weighted by Crippen LogP contribution is 2.32. The van der Waals surface area contributed by atoms with E-state index in [2.05, 4.69) is 0 Å². The number of sulfonamides is 1. The van der Waals surface area contributed by atoms with Crippen LogP contribution in [-0.4, -0.2) is 30.6 Å². The molecule has 1 unspecified atom stereocenters. The Morgan fingerprint density at radius 2 is 1.68 bits per heavy atom. The van der Waals surface area contributed by atoms with Crippen molar-refractivity contribution in [3.63, 3.8) is 0 Å². The number of benzene rings is 3. The molecule has 0 spiro atoms. The van der Waals surface area contributed by atoms with Gasteiger partial charge >= 0.3 is 0 Å². The predicted octanol–water partition coefficient (Wildman–Crippen LogP) is 4.73. The van der Waals surface area contributed by atoms with Crippen molar-refractivity contribution in [2.75, 3.05) is 4.90 Å². The van der Waals surface area contributed by atoms with Crippen LogP contribution in [0.5, 0.6) is 0 Å². The van der Waals surface area contributed by atoms with E-state index in [1.807, 2.05) is 60.8 Å². The number of aryl methyl sites for hydroxylation is 1. The van der Waals surface area contributed by atoms with Crippen molar-refractivity contribution in [3.05, 3.63) is 94.7 Å². The van der Waals surface area contributed by atoms with Gasteiger partial charge in [-0.05, 0) is 53.4 Å². The molecule has 2 heterocycles. The fourth-order valence-electron chi connectivity index (χ4n) is 4.19. The van der Waals surface area contributed by atoms with Gasteiger partial charge in [0.05, 0.1) is 17.0 Å². The average Bonchev–Trinajstić information content (AvgIpc) is 3.45. The summed E-state index contributed by atoms with van der Waals surface area (Å²) in [6, 6.07) is 22.0. The van der Waals surface area contributed by atoms with Crippen LogP contribution in [0.2, 0.25) is 0 Å². The molecule has 0 saturated carbocycles. The smallest absolute Gasteiger partial charge is 0.252 e. The second-order valence-corrected chi connectivity index (χ2v) is 11.2. The van der Waals surface area contributed by atoms with Gasteiger partial charge in [0.15, 0.2) is 0 Å². The van der Waals surface area contributed by atoms with Crippen molar-refractivity contribution in [1.29, 1.82) is 0 Å². The molecule has 0 N–H and O–H groups in total. The number of imide groups is 1. The molecule has 6 nitrogen and oxygen atoms in total. The van der Waals surface area contributed by atoms with Crippen molar-refractivity contribution in [2.45, 2.75) is 30.8 Å². The van der Waals surface area contributed by atoms with E-state index in [4.69, 9.17) is 0 Å². The molecule has 1 saturated heterocycles. The maximum Gasteiger partial charge on any atom is 0.252 e. The van der Waals surface area contributed by atoms with E-state index < -0.39 is 27.9 Å². The second-order valence-electron chi connectivity index (χ2n) is 8.26. The van der Waals surface area contributed by atoms with Gasteiger partial charge in [-0.2, -0.15) is 4.31 Å². The monoisotopic (exact) mass is 490 g/mol. The summed E-state index contributed by atoms with van der Waals surface area (Å²) in [4.78, 5) is 28.4. The molecule has 0 bridgehead atoms. The Morgan fingerprint density at radius 3 is 2.38 bits per heavy atom. The number of carbonyl (C=O) groups is 2. The van der Waals surface area contributed by atoms with Crippen molar-refractivity contribution < 1.29 is 18.0 Å². The zero-order chi connectivity index (χ0) is 23.9. The molecule has 8 heteroatoms. The van der Waals surface area contributed by atoms with E-state index in [1.165, 1.54) is 15.6 Å². The number of hydrogen-bond acceptors (Lipinski definition) is 5. The largest absolute Gasteiger partial charge is 0.274 e. The van der Waals surface area contributed by atoms with E-state index >= 15 is 0 Å². The number of amides is 2. The number of nitrogens with zero attached hydrogens (tertiary/aromatic N) is 2. The van der Waals surface area contributed by atoms with Gasteiger partial charge in [-0.1, -0.05) is 54.1 Å². The molecule has 3 aromatic carbocycles. The summed E-state index contributed by atoms with van der Waals surface area (Å²) in [5, 5.41) is 3.56. The number of rotatable bonds is 6. The van der Waals surface area contributed by atoms with Gasteiger partial charge in [-0.25, -0.2) is 13.3 Å². The first-order valence-electron chi connectivity index (χ1n) is 10.8. The molecule has 2 amide bonds. The Hall–Kier alpha value is -3.33. The molecule has 34 heavy (non-hydrogen) atoms.